The molecule has 0 aromatic carbocycles. The molecule has 1 aromatic rings. The van der Waals surface area contributed by atoms with Gasteiger partial charge in [0.2, 0.25) is 0 Å². The van der Waals surface area contributed by atoms with Crippen molar-refractivity contribution in [2.45, 2.75) is 6.54 Å². The Balaban J connectivity index is 1.98. The van der Waals surface area contributed by atoms with Crippen LogP contribution in [0.15, 0.2) is 18.8 Å². The van der Waals surface area contributed by atoms with E-state index in [2.05, 4.69) is 21.9 Å². The van der Waals surface area contributed by atoms with Gasteiger partial charge < -0.3 is 5.32 Å². The third kappa shape index (κ3) is 2.02. The fourth-order valence-corrected chi connectivity index (χ4v) is 1.73. The number of hydrogen-bond donors (Lipinski definition) is 1. The zero-order chi connectivity index (χ0) is 9.80. The molecule has 76 valence electrons. The summed E-state index contributed by atoms with van der Waals surface area (Å²) in [6.45, 7) is 9.09. The van der Waals surface area contributed by atoms with Gasteiger partial charge in [-0.25, -0.2) is 4.68 Å². The molecule has 2 heterocycles. The summed E-state index contributed by atoms with van der Waals surface area (Å²) in [5.74, 6) is 0. The average Bonchev–Trinajstić information content (AvgIpc) is 2.67. The van der Waals surface area contributed by atoms with E-state index in [9.17, 15) is 0 Å². The van der Waals surface area contributed by atoms with Crippen LogP contribution < -0.4 is 5.32 Å². The summed E-state index contributed by atoms with van der Waals surface area (Å²) in [6.07, 6.45) is 3.57. The SMILES string of the molecule is C=Cn1nccc1CN1CCNCC1. The summed E-state index contributed by atoms with van der Waals surface area (Å²) in [5, 5.41) is 7.50. The highest BCUT2D eigenvalue weighted by atomic mass is 15.3. The lowest BCUT2D eigenvalue weighted by Gasteiger charge is -2.26. The predicted molar refractivity (Wildman–Crippen MR) is 56.8 cm³/mol. The molecule has 1 aliphatic rings. The molecule has 1 aromatic heterocycles. The Kier molecular flexibility index (Phi) is 2.96. The summed E-state index contributed by atoms with van der Waals surface area (Å²) in [4.78, 5) is 2.42. The minimum atomic E-state index is 0.966. The Bertz CT molecular complexity index is 299. The topological polar surface area (TPSA) is 33.1 Å². The second kappa shape index (κ2) is 4.39. The van der Waals surface area contributed by atoms with Crippen molar-refractivity contribution in [3.63, 3.8) is 0 Å². The van der Waals surface area contributed by atoms with Crippen LogP contribution in [-0.4, -0.2) is 40.9 Å². The Hall–Kier alpha value is -1.13. The lowest BCUT2D eigenvalue weighted by atomic mass is 10.3. The van der Waals surface area contributed by atoms with Gasteiger partial charge >= 0.3 is 0 Å². The van der Waals surface area contributed by atoms with Crippen molar-refractivity contribution in [2.75, 3.05) is 26.2 Å². The smallest absolute Gasteiger partial charge is 0.0575 e. The Morgan fingerprint density at radius 1 is 1.50 bits per heavy atom. The number of aromatic nitrogens is 2. The average molecular weight is 192 g/mol. The molecular weight excluding hydrogens is 176 g/mol. The van der Waals surface area contributed by atoms with Gasteiger partial charge in [0.05, 0.1) is 5.69 Å². The van der Waals surface area contributed by atoms with Gasteiger partial charge in [-0.3, -0.25) is 4.90 Å². The first-order valence-electron chi connectivity index (χ1n) is 4.98. The molecule has 1 saturated heterocycles. The van der Waals surface area contributed by atoms with E-state index in [0.29, 0.717) is 0 Å². The van der Waals surface area contributed by atoms with Gasteiger partial charge in [0.25, 0.3) is 0 Å². The largest absolute Gasteiger partial charge is 0.314 e. The molecule has 0 spiro atoms. The van der Waals surface area contributed by atoms with E-state index in [1.165, 1.54) is 5.69 Å². The molecule has 1 N–H and O–H groups in total. The van der Waals surface area contributed by atoms with Crippen molar-refractivity contribution in [3.8, 4) is 0 Å². The second-order valence-corrected chi connectivity index (χ2v) is 3.48. The van der Waals surface area contributed by atoms with E-state index in [-0.39, 0.29) is 0 Å². The third-order valence-electron chi connectivity index (χ3n) is 2.52. The van der Waals surface area contributed by atoms with Crippen molar-refractivity contribution < 1.29 is 0 Å². The minimum Gasteiger partial charge on any atom is -0.314 e. The summed E-state index contributed by atoms with van der Waals surface area (Å²) in [7, 11) is 0. The molecule has 0 unspecified atom stereocenters. The molecule has 0 radical (unpaired) electrons. The van der Waals surface area contributed by atoms with E-state index in [1.807, 2.05) is 16.9 Å². The molecule has 14 heavy (non-hydrogen) atoms. The normalized spacial score (nSPS) is 18.3. The van der Waals surface area contributed by atoms with Gasteiger partial charge in [-0.15, -0.1) is 0 Å². The van der Waals surface area contributed by atoms with Gasteiger partial charge in [0.15, 0.2) is 0 Å². The maximum Gasteiger partial charge on any atom is 0.0575 e. The van der Waals surface area contributed by atoms with Crippen LogP contribution in [0.4, 0.5) is 0 Å². The maximum absolute atomic E-state index is 4.16. The molecule has 1 aliphatic heterocycles. The monoisotopic (exact) mass is 192 g/mol. The zero-order valence-electron chi connectivity index (χ0n) is 8.32. The highest BCUT2D eigenvalue weighted by Gasteiger charge is 2.11. The van der Waals surface area contributed by atoms with Gasteiger partial charge in [-0.1, -0.05) is 6.58 Å². The van der Waals surface area contributed by atoms with Crippen LogP contribution in [0.3, 0.4) is 0 Å². The fourth-order valence-electron chi connectivity index (χ4n) is 1.73. The van der Waals surface area contributed by atoms with E-state index in [1.54, 1.807) is 6.20 Å². The summed E-state index contributed by atoms with van der Waals surface area (Å²) in [6, 6.07) is 2.05. The highest BCUT2D eigenvalue weighted by molar-refractivity contribution is 5.19. The first-order valence-corrected chi connectivity index (χ1v) is 4.98. The number of rotatable bonds is 3. The maximum atomic E-state index is 4.16. The lowest BCUT2D eigenvalue weighted by molar-refractivity contribution is 0.229. The third-order valence-corrected chi connectivity index (χ3v) is 2.52. The van der Waals surface area contributed by atoms with E-state index in [0.717, 1.165) is 32.7 Å². The van der Waals surface area contributed by atoms with E-state index >= 15 is 0 Å². The highest BCUT2D eigenvalue weighted by Crippen LogP contribution is 2.05. The van der Waals surface area contributed by atoms with Gasteiger partial charge in [0, 0.05) is 45.1 Å². The Morgan fingerprint density at radius 2 is 2.29 bits per heavy atom. The molecule has 4 heteroatoms. The summed E-state index contributed by atoms with van der Waals surface area (Å²) >= 11 is 0. The molecule has 1 fully saturated rings. The van der Waals surface area contributed by atoms with E-state index in [4.69, 9.17) is 0 Å². The van der Waals surface area contributed by atoms with Gasteiger partial charge in [-0.05, 0) is 6.07 Å². The molecule has 0 bridgehead atoms. The molecule has 4 nitrogen and oxygen atoms in total. The lowest BCUT2D eigenvalue weighted by Crippen LogP contribution is -2.43. The van der Waals surface area contributed by atoms with Crippen molar-refractivity contribution in [2.24, 2.45) is 0 Å². The number of nitrogens with one attached hydrogen (secondary N) is 1. The van der Waals surface area contributed by atoms with Crippen molar-refractivity contribution in [3.05, 3.63) is 24.5 Å². The first-order chi connectivity index (χ1) is 6.90. The summed E-state index contributed by atoms with van der Waals surface area (Å²) < 4.78 is 1.84. The number of piperazine rings is 1. The number of hydrogen-bond acceptors (Lipinski definition) is 3. The fraction of sp³-hybridized carbons (Fsp3) is 0.500. The van der Waals surface area contributed by atoms with Crippen LogP contribution in [0.1, 0.15) is 5.69 Å². The van der Waals surface area contributed by atoms with Crippen molar-refractivity contribution in [1.29, 1.82) is 0 Å². The minimum absolute atomic E-state index is 0.966. The Morgan fingerprint density at radius 3 is 3.00 bits per heavy atom. The van der Waals surface area contributed by atoms with Crippen molar-refractivity contribution in [1.82, 2.24) is 20.0 Å². The molecular formula is C10H16N4. The molecule has 0 aliphatic carbocycles. The van der Waals surface area contributed by atoms with Crippen LogP contribution >= 0.6 is 0 Å². The van der Waals surface area contributed by atoms with Crippen molar-refractivity contribution >= 4 is 6.20 Å². The molecule has 0 saturated carbocycles. The standard InChI is InChI=1S/C10H16N4/c1-2-14-10(3-4-12-14)9-13-7-5-11-6-8-13/h2-4,11H,1,5-9H2. The van der Waals surface area contributed by atoms with Crippen LogP contribution in [0.25, 0.3) is 6.20 Å². The quantitative estimate of drug-likeness (QED) is 0.752. The molecule has 0 atom stereocenters. The van der Waals surface area contributed by atoms with Gasteiger partial charge in [-0.2, -0.15) is 5.10 Å². The predicted octanol–water partition coefficient (Wildman–Crippen LogP) is 0.389. The number of nitrogens with zero attached hydrogens (tertiary/aromatic N) is 3. The second-order valence-electron chi connectivity index (χ2n) is 3.48. The van der Waals surface area contributed by atoms with Crippen LogP contribution in [0.5, 0.6) is 0 Å². The van der Waals surface area contributed by atoms with Gasteiger partial charge in [0.1, 0.15) is 0 Å². The Labute approximate surface area is 84.2 Å². The first kappa shape index (κ1) is 9.43. The summed E-state index contributed by atoms with van der Waals surface area (Å²) in [5.41, 5.74) is 1.21. The van der Waals surface area contributed by atoms with E-state index < -0.39 is 0 Å². The van der Waals surface area contributed by atoms with Crippen LogP contribution in [-0.2, 0) is 6.54 Å². The van der Waals surface area contributed by atoms with Crippen LogP contribution in [0.2, 0.25) is 0 Å². The zero-order valence-corrected chi connectivity index (χ0v) is 8.32. The molecule has 0 amide bonds. The van der Waals surface area contributed by atoms with Crippen LogP contribution in [0, 0.1) is 0 Å². The molecule has 2 rings (SSSR count).